The van der Waals surface area contributed by atoms with E-state index in [9.17, 15) is 4.79 Å². The van der Waals surface area contributed by atoms with Gasteiger partial charge in [0, 0.05) is 5.69 Å². The number of nitrogens with zero attached hydrogens (tertiary/aromatic N) is 3. The maximum atomic E-state index is 11.8. The lowest BCUT2D eigenvalue weighted by Gasteiger charge is -2.16. The largest absolute Gasteiger partial charge is 0.397 e. The molecular formula is C12H12N4O. The standard InChI is InChI=1S/C12H12N4O/c1-2-6-16(7-5-13)12(17)8-11-4-3-10(14)9-15-11/h1,3-4,9H,6-8,14H2. The van der Waals surface area contributed by atoms with Crippen LogP contribution in [0.15, 0.2) is 18.3 Å². The number of carbonyl (C=O) groups is 1. The van der Waals surface area contributed by atoms with Crippen molar-refractivity contribution < 1.29 is 4.79 Å². The smallest absolute Gasteiger partial charge is 0.230 e. The van der Waals surface area contributed by atoms with E-state index < -0.39 is 0 Å². The van der Waals surface area contributed by atoms with Crippen molar-refractivity contribution in [2.75, 3.05) is 18.8 Å². The lowest BCUT2D eigenvalue weighted by atomic mass is 10.2. The van der Waals surface area contributed by atoms with E-state index in [0.29, 0.717) is 11.4 Å². The molecule has 0 aromatic carbocycles. The Kier molecular flexibility index (Phi) is 4.53. The average Bonchev–Trinajstić information content (AvgIpc) is 2.32. The molecule has 0 aliphatic heterocycles. The first kappa shape index (κ1) is 12.5. The van der Waals surface area contributed by atoms with Crippen molar-refractivity contribution in [2.45, 2.75) is 6.42 Å². The maximum absolute atomic E-state index is 11.8. The number of hydrogen-bond acceptors (Lipinski definition) is 4. The molecule has 0 saturated heterocycles. The predicted molar refractivity (Wildman–Crippen MR) is 63.4 cm³/mol. The van der Waals surface area contributed by atoms with Crippen LogP contribution >= 0.6 is 0 Å². The van der Waals surface area contributed by atoms with Crippen LogP contribution in [0.25, 0.3) is 0 Å². The lowest BCUT2D eigenvalue weighted by molar-refractivity contribution is -0.129. The Labute approximate surface area is 99.9 Å². The van der Waals surface area contributed by atoms with Gasteiger partial charge < -0.3 is 10.6 Å². The molecule has 1 aromatic heterocycles. The quantitative estimate of drug-likeness (QED) is 0.589. The summed E-state index contributed by atoms with van der Waals surface area (Å²) in [6, 6.07) is 5.24. The van der Waals surface area contributed by atoms with Crippen LogP contribution in [0.3, 0.4) is 0 Å². The number of amides is 1. The average molecular weight is 228 g/mol. The number of anilines is 1. The third kappa shape index (κ3) is 3.84. The van der Waals surface area contributed by atoms with E-state index in [-0.39, 0.29) is 25.4 Å². The van der Waals surface area contributed by atoms with E-state index in [2.05, 4.69) is 10.9 Å². The lowest BCUT2D eigenvalue weighted by Crippen LogP contribution is -2.33. The number of nitriles is 1. The molecule has 0 fully saturated rings. The second kappa shape index (κ2) is 6.14. The molecule has 0 bridgehead atoms. The number of hydrogen-bond donors (Lipinski definition) is 1. The summed E-state index contributed by atoms with van der Waals surface area (Å²) in [6.07, 6.45) is 6.72. The van der Waals surface area contributed by atoms with Gasteiger partial charge in [0.2, 0.25) is 5.91 Å². The highest BCUT2D eigenvalue weighted by Gasteiger charge is 2.13. The Morgan fingerprint density at radius 3 is 2.82 bits per heavy atom. The minimum atomic E-state index is -0.221. The highest BCUT2D eigenvalue weighted by molar-refractivity contribution is 5.78. The van der Waals surface area contributed by atoms with Crippen LogP contribution in [0.1, 0.15) is 5.69 Å². The second-order valence-corrected chi connectivity index (χ2v) is 3.37. The molecule has 0 saturated carbocycles. The molecule has 17 heavy (non-hydrogen) atoms. The van der Waals surface area contributed by atoms with Crippen LogP contribution in [-0.2, 0) is 11.2 Å². The SMILES string of the molecule is C#CCN(CC#N)C(=O)Cc1ccc(N)cn1. The Bertz CT molecular complexity index is 451. The Balaban J connectivity index is 2.67. The first-order chi connectivity index (χ1) is 8.17. The minimum Gasteiger partial charge on any atom is -0.397 e. The van der Waals surface area contributed by atoms with Gasteiger partial charge in [0.1, 0.15) is 6.54 Å². The van der Waals surface area contributed by atoms with E-state index in [0.717, 1.165) is 0 Å². The normalized spacial score (nSPS) is 9.06. The summed E-state index contributed by atoms with van der Waals surface area (Å²) in [5, 5.41) is 8.57. The summed E-state index contributed by atoms with van der Waals surface area (Å²) < 4.78 is 0. The molecule has 86 valence electrons. The second-order valence-electron chi connectivity index (χ2n) is 3.37. The van der Waals surface area contributed by atoms with Crippen LogP contribution in [0.5, 0.6) is 0 Å². The Morgan fingerprint density at radius 1 is 1.53 bits per heavy atom. The number of rotatable bonds is 4. The van der Waals surface area contributed by atoms with Crippen molar-refractivity contribution in [2.24, 2.45) is 0 Å². The van der Waals surface area contributed by atoms with E-state index >= 15 is 0 Å². The van der Waals surface area contributed by atoms with Crippen molar-refractivity contribution in [3.8, 4) is 18.4 Å². The highest BCUT2D eigenvalue weighted by atomic mass is 16.2. The molecule has 0 spiro atoms. The molecule has 1 heterocycles. The number of terminal acetylenes is 1. The predicted octanol–water partition coefficient (Wildman–Crippen LogP) is 0.192. The molecule has 0 atom stereocenters. The molecule has 0 aliphatic rings. The molecule has 1 amide bonds. The zero-order valence-electron chi connectivity index (χ0n) is 9.26. The first-order valence-corrected chi connectivity index (χ1v) is 4.96. The van der Waals surface area contributed by atoms with Gasteiger partial charge in [-0.15, -0.1) is 6.42 Å². The molecule has 2 N–H and O–H groups in total. The van der Waals surface area contributed by atoms with Crippen molar-refractivity contribution in [3.63, 3.8) is 0 Å². The van der Waals surface area contributed by atoms with Crippen molar-refractivity contribution >= 4 is 11.6 Å². The van der Waals surface area contributed by atoms with Crippen LogP contribution in [0, 0.1) is 23.7 Å². The Hall–Kier alpha value is -2.53. The molecule has 0 radical (unpaired) electrons. The van der Waals surface area contributed by atoms with Crippen LogP contribution in [-0.4, -0.2) is 28.9 Å². The van der Waals surface area contributed by atoms with Crippen molar-refractivity contribution in [3.05, 3.63) is 24.0 Å². The molecule has 1 rings (SSSR count). The zero-order chi connectivity index (χ0) is 12.7. The van der Waals surface area contributed by atoms with Gasteiger partial charge in [0.15, 0.2) is 0 Å². The van der Waals surface area contributed by atoms with E-state index in [1.807, 2.05) is 6.07 Å². The van der Waals surface area contributed by atoms with Gasteiger partial charge in [0.25, 0.3) is 0 Å². The van der Waals surface area contributed by atoms with E-state index in [4.69, 9.17) is 17.4 Å². The van der Waals surface area contributed by atoms with Gasteiger partial charge in [-0.25, -0.2) is 0 Å². The van der Waals surface area contributed by atoms with E-state index in [1.165, 1.54) is 11.1 Å². The highest BCUT2D eigenvalue weighted by Crippen LogP contribution is 2.03. The molecule has 0 aliphatic carbocycles. The van der Waals surface area contributed by atoms with E-state index in [1.54, 1.807) is 12.1 Å². The fraction of sp³-hybridized carbons (Fsp3) is 0.250. The summed E-state index contributed by atoms with van der Waals surface area (Å²) in [7, 11) is 0. The van der Waals surface area contributed by atoms with Gasteiger partial charge in [-0.05, 0) is 12.1 Å². The third-order valence-corrected chi connectivity index (χ3v) is 2.08. The number of nitrogens with two attached hydrogens (primary N) is 1. The minimum absolute atomic E-state index is 0.0159. The van der Waals surface area contributed by atoms with Gasteiger partial charge in [-0.2, -0.15) is 5.26 Å². The zero-order valence-corrected chi connectivity index (χ0v) is 9.26. The molecule has 1 aromatic rings. The molecular weight excluding hydrogens is 216 g/mol. The fourth-order valence-corrected chi connectivity index (χ4v) is 1.24. The van der Waals surface area contributed by atoms with Crippen LogP contribution in [0.4, 0.5) is 5.69 Å². The summed E-state index contributed by atoms with van der Waals surface area (Å²) >= 11 is 0. The number of aromatic nitrogens is 1. The molecule has 5 heteroatoms. The van der Waals surface area contributed by atoms with Gasteiger partial charge in [-0.1, -0.05) is 5.92 Å². The van der Waals surface area contributed by atoms with Gasteiger partial charge in [-0.3, -0.25) is 9.78 Å². The van der Waals surface area contributed by atoms with Gasteiger partial charge in [0.05, 0.1) is 30.9 Å². The van der Waals surface area contributed by atoms with Crippen LogP contribution in [0.2, 0.25) is 0 Å². The van der Waals surface area contributed by atoms with Crippen molar-refractivity contribution in [1.82, 2.24) is 9.88 Å². The summed E-state index contributed by atoms with van der Waals surface area (Å²) in [5.41, 5.74) is 6.63. The summed E-state index contributed by atoms with van der Waals surface area (Å²) in [4.78, 5) is 17.1. The summed E-state index contributed by atoms with van der Waals surface area (Å²) in [5.74, 6) is 2.12. The fourth-order valence-electron chi connectivity index (χ4n) is 1.24. The molecule has 5 nitrogen and oxygen atoms in total. The number of nitrogen functional groups attached to an aromatic ring is 1. The van der Waals surface area contributed by atoms with Crippen LogP contribution < -0.4 is 5.73 Å². The monoisotopic (exact) mass is 228 g/mol. The molecule has 0 unspecified atom stereocenters. The number of carbonyl (C=O) groups excluding carboxylic acids is 1. The summed E-state index contributed by atoms with van der Waals surface area (Å²) in [6.45, 7) is 0.110. The number of pyridine rings is 1. The van der Waals surface area contributed by atoms with Gasteiger partial charge >= 0.3 is 0 Å². The maximum Gasteiger partial charge on any atom is 0.230 e. The third-order valence-electron chi connectivity index (χ3n) is 2.08. The Morgan fingerprint density at radius 2 is 2.29 bits per heavy atom. The van der Waals surface area contributed by atoms with Crippen molar-refractivity contribution in [1.29, 1.82) is 5.26 Å². The first-order valence-electron chi connectivity index (χ1n) is 4.96. The topological polar surface area (TPSA) is 83.0 Å².